The molecule has 0 spiro atoms. The van der Waals surface area contributed by atoms with Crippen molar-refractivity contribution in [2.24, 2.45) is 5.41 Å². The fourth-order valence-electron chi connectivity index (χ4n) is 1.76. The second kappa shape index (κ2) is 3.65. The van der Waals surface area contributed by atoms with Gasteiger partial charge >= 0.3 is 0 Å². The van der Waals surface area contributed by atoms with Crippen LogP contribution in [0.25, 0.3) is 0 Å². The highest BCUT2D eigenvalue weighted by atomic mass is 79.9. The number of nitrogens with zero attached hydrogens (tertiary/aromatic N) is 2. The molecule has 2 rings (SSSR count). The van der Waals surface area contributed by atoms with E-state index in [0.29, 0.717) is 5.41 Å². The third-order valence-corrected chi connectivity index (χ3v) is 4.82. The zero-order chi connectivity index (χ0) is 9.31. The molecular formula is C9H13BrN2S. The Morgan fingerprint density at radius 2 is 2.23 bits per heavy atom. The first-order chi connectivity index (χ1) is 6.24. The van der Waals surface area contributed by atoms with Crippen molar-refractivity contribution in [2.75, 3.05) is 5.33 Å². The molecule has 1 aliphatic carbocycles. The van der Waals surface area contributed by atoms with Crippen LogP contribution in [0, 0.1) is 12.3 Å². The summed E-state index contributed by atoms with van der Waals surface area (Å²) in [7, 11) is 0. The topological polar surface area (TPSA) is 25.8 Å². The average molecular weight is 261 g/mol. The first-order valence-electron chi connectivity index (χ1n) is 4.59. The molecule has 0 amide bonds. The molecule has 1 heterocycles. The second-order valence-corrected chi connectivity index (χ2v) is 5.71. The number of aryl methyl sites for hydroxylation is 1. The molecule has 1 saturated carbocycles. The van der Waals surface area contributed by atoms with Gasteiger partial charge in [0, 0.05) is 11.8 Å². The molecule has 2 nitrogen and oxygen atoms in total. The van der Waals surface area contributed by atoms with Crippen LogP contribution in [0.1, 0.15) is 29.3 Å². The highest BCUT2D eigenvalue weighted by molar-refractivity contribution is 9.09. The van der Waals surface area contributed by atoms with Crippen molar-refractivity contribution in [3.8, 4) is 0 Å². The molecule has 0 bridgehead atoms. The van der Waals surface area contributed by atoms with Crippen molar-refractivity contribution < 1.29 is 0 Å². The van der Waals surface area contributed by atoms with E-state index in [1.165, 1.54) is 24.3 Å². The van der Waals surface area contributed by atoms with E-state index in [9.17, 15) is 0 Å². The molecule has 0 saturated heterocycles. The van der Waals surface area contributed by atoms with E-state index in [1.807, 2.05) is 6.92 Å². The van der Waals surface area contributed by atoms with E-state index in [1.54, 1.807) is 11.3 Å². The molecule has 1 fully saturated rings. The van der Waals surface area contributed by atoms with Gasteiger partial charge in [-0.05, 0) is 25.2 Å². The van der Waals surface area contributed by atoms with E-state index in [4.69, 9.17) is 0 Å². The summed E-state index contributed by atoms with van der Waals surface area (Å²) in [6, 6.07) is 0. The normalized spacial score (nSPS) is 19.8. The molecule has 0 unspecified atom stereocenters. The summed E-state index contributed by atoms with van der Waals surface area (Å²) in [6.45, 7) is 2.02. The van der Waals surface area contributed by atoms with Crippen molar-refractivity contribution in [3.63, 3.8) is 0 Å². The van der Waals surface area contributed by atoms with Gasteiger partial charge in [-0.3, -0.25) is 0 Å². The molecule has 0 atom stereocenters. The Hall–Kier alpha value is 0.0400. The third kappa shape index (κ3) is 1.94. The first kappa shape index (κ1) is 9.59. The molecular weight excluding hydrogens is 248 g/mol. The van der Waals surface area contributed by atoms with Gasteiger partial charge in [-0.25, -0.2) is 0 Å². The van der Waals surface area contributed by atoms with Gasteiger partial charge in [-0.2, -0.15) is 0 Å². The van der Waals surface area contributed by atoms with Gasteiger partial charge in [-0.15, -0.1) is 21.5 Å². The number of alkyl halides is 1. The number of hydrogen-bond donors (Lipinski definition) is 0. The lowest BCUT2D eigenvalue weighted by atomic mass is 9.68. The monoisotopic (exact) mass is 260 g/mol. The fraction of sp³-hybridized carbons (Fsp3) is 0.778. The molecule has 4 heteroatoms. The Morgan fingerprint density at radius 1 is 1.46 bits per heavy atom. The summed E-state index contributed by atoms with van der Waals surface area (Å²) in [4.78, 5) is 0. The molecule has 0 N–H and O–H groups in total. The minimum absolute atomic E-state index is 0.506. The van der Waals surface area contributed by atoms with E-state index in [-0.39, 0.29) is 0 Å². The Balaban J connectivity index is 2.04. The van der Waals surface area contributed by atoms with Gasteiger partial charge in [-0.1, -0.05) is 22.4 Å². The molecule has 13 heavy (non-hydrogen) atoms. The van der Waals surface area contributed by atoms with Crippen molar-refractivity contribution in [1.29, 1.82) is 0 Å². The number of hydrogen-bond acceptors (Lipinski definition) is 3. The van der Waals surface area contributed by atoms with Gasteiger partial charge in [0.2, 0.25) is 0 Å². The maximum atomic E-state index is 4.18. The molecule has 1 aliphatic rings. The third-order valence-electron chi connectivity index (χ3n) is 2.79. The molecule has 0 radical (unpaired) electrons. The predicted molar refractivity (Wildman–Crippen MR) is 58.4 cm³/mol. The zero-order valence-corrected chi connectivity index (χ0v) is 10.1. The van der Waals surface area contributed by atoms with E-state index in [2.05, 4.69) is 26.1 Å². The summed E-state index contributed by atoms with van der Waals surface area (Å²) < 4.78 is 0. The summed E-state index contributed by atoms with van der Waals surface area (Å²) in [5.41, 5.74) is 0.506. The van der Waals surface area contributed by atoms with Crippen LogP contribution in [-0.4, -0.2) is 15.5 Å². The minimum atomic E-state index is 0.506. The molecule has 1 aromatic rings. The molecule has 0 aliphatic heterocycles. The van der Waals surface area contributed by atoms with Crippen molar-refractivity contribution in [3.05, 3.63) is 10.0 Å². The smallest absolute Gasteiger partial charge is 0.118 e. The SMILES string of the molecule is Cc1nnc(CC2(CBr)CCC2)s1. The van der Waals surface area contributed by atoms with Crippen LogP contribution in [0.5, 0.6) is 0 Å². The molecule has 1 aromatic heterocycles. The Bertz CT molecular complexity index is 288. The van der Waals surface area contributed by atoms with Crippen LogP contribution in [0.2, 0.25) is 0 Å². The van der Waals surface area contributed by atoms with Gasteiger partial charge in [0.15, 0.2) is 0 Å². The lowest BCUT2D eigenvalue weighted by molar-refractivity contribution is 0.169. The summed E-state index contributed by atoms with van der Waals surface area (Å²) in [6.07, 6.45) is 5.18. The van der Waals surface area contributed by atoms with Crippen LogP contribution in [0.15, 0.2) is 0 Å². The second-order valence-electron chi connectivity index (χ2n) is 3.88. The van der Waals surface area contributed by atoms with Gasteiger partial charge in [0.05, 0.1) is 0 Å². The lowest BCUT2D eigenvalue weighted by Crippen LogP contribution is -2.33. The van der Waals surface area contributed by atoms with Crippen LogP contribution >= 0.6 is 27.3 Å². The van der Waals surface area contributed by atoms with Crippen LogP contribution in [0.3, 0.4) is 0 Å². The van der Waals surface area contributed by atoms with Gasteiger partial charge in [0.1, 0.15) is 10.0 Å². The van der Waals surface area contributed by atoms with Crippen LogP contribution < -0.4 is 0 Å². The minimum Gasteiger partial charge on any atom is -0.144 e. The first-order valence-corrected chi connectivity index (χ1v) is 6.53. The zero-order valence-electron chi connectivity index (χ0n) is 7.72. The quantitative estimate of drug-likeness (QED) is 0.782. The van der Waals surface area contributed by atoms with E-state index >= 15 is 0 Å². The van der Waals surface area contributed by atoms with E-state index in [0.717, 1.165) is 16.8 Å². The number of halogens is 1. The summed E-state index contributed by atoms with van der Waals surface area (Å²) in [5, 5.41) is 11.6. The standard InChI is InChI=1S/C9H13BrN2S/c1-7-11-12-8(13-7)5-9(6-10)3-2-4-9/h2-6H2,1H3. The van der Waals surface area contributed by atoms with Crippen LogP contribution in [0.4, 0.5) is 0 Å². The maximum absolute atomic E-state index is 4.18. The van der Waals surface area contributed by atoms with Crippen molar-refractivity contribution in [2.45, 2.75) is 32.6 Å². The Morgan fingerprint density at radius 3 is 2.62 bits per heavy atom. The Kier molecular flexibility index (Phi) is 2.70. The largest absolute Gasteiger partial charge is 0.144 e. The molecule has 72 valence electrons. The van der Waals surface area contributed by atoms with Crippen molar-refractivity contribution >= 4 is 27.3 Å². The highest BCUT2D eigenvalue weighted by Crippen LogP contribution is 2.45. The number of rotatable bonds is 3. The maximum Gasteiger partial charge on any atom is 0.118 e. The lowest BCUT2D eigenvalue weighted by Gasteiger charge is -2.39. The highest BCUT2D eigenvalue weighted by Gasteiger charge is 2.36. The van der Waals surface area contributed by atoms with Gasteiger partial charge in [0.25, 0.3) is 0 Å². The predicted octanol–water partition coefficient (Wildman–Crippen LogP) is 2.95. The number of aromatic nitrogens is 2. The Labute approximate surface area is 90.9 Å². The average Bonchev–Trinajstić information content (AvgIpc) is 2.44. The fourth-order valence-corrected chi connectivity index (χ4v) is 3.41. The summed E-state index contributed by atoms with van der Waals surface area (Å²) in [5.74, 6) is 0. The van der Waals surface area contributed by atoms with E-state index < -0.39 is 0 Å². The van der Waals surface area contributed by atoms with Crippen LogP contribution in [-0.2, 0) is 6.42 Å². The van der Waals surface area contributed by atoms with Crippen molar-refractivity contribution in [1.82, 2.24) is 10.2 Å². The van der Waals surface area contributed by atoms with Gasteiger partial charge < -0.3 is 0 Å². The summed E-state index contributed by atoms with van der Waals surface area (Å²) >= 11 is 5.34. The molecule has 0 aromatic carbocycles.